The first kappa shape index (κ1) is 31.0. The molecule has 0 saturated heterocycles. The lowest BCUT2D eigenvalue weighted by Crippen LogP contribution is -2.50. The number of hydrogen-bond acceptors (Lipinski definition) is 4. The van der Waals surface area contributed by atoms with Crippen molar-refractivity contribution in [2.24, 2.45) is 0 Å². The van der Waals surface area contributed by atoms with Gasteiger partial charge < -0.3 is 19.0 Å². The Morgan fingerprint density at radius 1 is 0.634 bits per heavy atom. The van der Waals surface area contributed by atoms with Gasteiger partial charge in [0, 0.05) is 72.3 Å². The van der Waals surface area contributed by atoms with Crippen molar-refractivity contribution in [1.29, 1.82) is 0 Å². The Balaban J connectivity index is 1.93. The molecule has 0 spiro atoms. The highest BCUT2D eigenvalue weighted by atomic mass is 28.4. The van der Waals surface area contributed by atoms with E-state index in [0.717, 1.165) is 43.4 Å². The lowest BCUT2D eigenvalue weighted by atomic mass is 9.82. The molecule has 5 heteroatoms. The lowest BCUT2D eigenvalue weighted by molar-refractivity contribution is 0.446. The van der Waals surface area contributed by atoms with Crippen molar-refractivity contribution in [2.75, 3.05) is 36.0 Å². The molecule has 0 aromatic heterocycles. The van der Waals surface area contributed by atoms with E-state index >= 15 is 0 Å². The molecule has 0 aliphatic carbocycles. The van der Waals surface area contributed by atoms with Gasteiger partial charge in [-0.3, -0.25) is 0 Å². The van der Waals surface area contributed by atoms with Crippen molar-refractivity contribution < 1.29 is 9.16 Å². The molecular formula is C36H52N2O2Si. The van der Waals surface area contributed by atoms with E-state index in [9.17, 15) is 0 Å². The Bertz CT molecular complexity index is 1230. The summed E-state index contributed by atoms with van der Waals surface area (Å²) in [6, 6.07) is 22.3. The minimum Gasteiger partial charge on any atom is -0.542 e. The highest BCUT2D eigenvalue weighted by molar-refractivity contribution is 6.78. The van der Waals surface area contributed by atoms with Crippen LogP contribution in [0.25, 0.3) is 0 Å². The second-order valence-electron chi connectivity index (χ2n) is 12.3. The Hall–Kier alpha value is -2.92. The number of hydrogen-bond donors (Lipinski definition) is 0. The summed E-state index contributed by atoms with van der Waals surface area (Å²) in [5.74, 6) is 2.94. The summed E-state index contributed by atoms with van der Waals surface area (Å²) in [4.78, 5) is 4.76. The van der Waals surface area contributed by atoms with E-state index in [2.05, 4.69) is 140 Å². The molecule has 222 valence electrons. The Morgan fingerprint density at radius 2 is 1.07 bits per heavy atom. The molecule has 3 aromatic carbocycles. The van der Waals surface area contributed by atoms with Gasteiger partial charge in [0.25, 0.3) is 8.32 Å². The molecule has 0 N–H and O–H groups in total. The van der Waals surface area contributed by atoms with Crippen LogP contribution in [0.2, 0.25) is 16.6 Å². The van der Waals surface area contributed by atoms with Crippen LogP contribution in [0, 0.1) is 0 Å². The number of benzene rings is 3. The minimum absolute atomic E-state index is 0.0274. The van der Waals surface area contributed by atoms with Crippen LogP contribution in [0.1, 0.15) is 91.8 Å². The first-order valence-electron chi connectivity index (χ1n) is 15.9. The summed E-state index contributed by atoms with van der Waals surface area (Å²) in [6.45, 7) is 26.8. The summed E-state index contributed by atoms with van der Waals surface area (Å²) in [5.41, 5.74) is 7.52. The standard InChI is InChI=1S/C36H52N2O2Si/c1-11-37(12-2)28-19-21-31-34(23-28)39-35-24-29(38(13-3)14-4)20-22-32(35)36(31)30-17-15-16-18-33(30)40-41(25(5)6,26(7)8)27(9)10/h15-27,36H,11-14H2,1-10H3. The van der Waals surface area contributed by atoms with Gasteiger partial charge in [-0.25, -0.2) is 0 Å². The van der Waals surface area contributed by atoms with Crippen LogP contribution in [0.3, 0.4) is 0 Å². The van der Waals surface area contributed by atoms with Gasteiger partial charge in [-0.15, -0.1) is 0 Å². The zero-order chi connectivity index (χ0) is 29.9. The molecule has 1 aliphatic heterocycles. The van der Waals surface area contributed by atoms with Gasteiger partial charge in [-0.2, -0.15) is 0 Å². The highest BCUT2D eigenvalue weighted by Gasteiger charge is 2.47. The van der Waals surface area contributed by atoms with Gasteiger partial charge in [0.1, 0.15) is 17.2 Å². The number of fused-ring (bicyclic) bond motifs is 2. The number of ether oxygens (including phenoxy) is 1. The maximum Gasteiger partial charge on any atom is 0.258 e. The first-order valence-corrected chi connectivity index (χ1v) is 18.0. The number of rotatable bonds is 12. The summed E-state index contributed by atoms with van der Waals surface area (Å²) in [5, 5.41) is 0. The van der Waals surface area contributed by atoms with Crippen molar-refractivity contribution in [3.63, 3.8) is 0 Å². The average molecular weight is 573 g/mol. The smallest absolute Gasteiger partial charge is 0.258 e. The van der Waals surface area contributed by atoms with E-state index in [1.165, 1.54) is 28.1 Å². The van der Waals surface area contributed by atoms with E-state index in [-0.39, 0.29) is 5.92 Å². The minimum atomic E-state index is -2.16. The SMILES string of the molecule is CCN(CC)c1ccc2c(c1)Oc1cc(N(CC)CC)ccc1C2c1ccccc1O[Si](C(C)C)(C(C)C)C(C)C. The van der Waals surface area contributed by atoms with Gasteiger partial charge in [0.05, 0.1) is 0 Å². The normalized spacial score (nSPS) is 13.3. The fraction of sp³-hybridized carbons (Fsp3) is 0.500. The molecule has 0 amide bonds. The van der Waals surface area contributed by atoms with Crippen LogP contribution in [-0.4, -0.2) is 34.5 Å². The predicted molar refractivity (Wildman–Crippen MR) is 179 cm³/mol. The lowest BCUT2D eigenvalue weighted by Gasteiger charge is -2.43. The Morgan fingerprint density at radius 3 is 1.49 bits per heavy atom. The highest BCUT2D eigenvalue weighted by Crippen LogP contribution is 2.52. The zero-order valence-electron chi connectivity index (χ0n) is 27.1. The van der Waals surface area contributed by atoms with Gasteiger partial charge in [-0.1, -0.05) is 71.9 Å². The van der Waals surface area contributed by atoms with Crippen LogP contribution in [-0.2, 0) is 0 Å². The van der Waals surface area contributed by atoms with Crippen molar-refractivity contribution in [1.82, 2.24) is 0 Å². The predicted octanol–water partition coefficient (Wildman–Crippen LogP) is 10.2. The molecule has 41 heavy (non-hydrogen) atoms. The molecule has 0 unspecified atom stereocenters. The molecule has 1 heterocycles. The molecule has 0 atom stereocenters. The Labute approximate surface area is 250 Å². The molecule has 4 rings (SSSR count). The quantitative estimate of drug-likeness (QED) is 0.158. The maximum absolute atomic E-state index is 7.38. The summed E-state index contributed by atoms with van der Waals surface area (Å²) >= 11 is 0. The third-order valence-electron chi connectivity index (χ3n) is 9.32. The van der Waals surface area contributed by atoms with Crippen LogP contribution >= 0.6 is 0 Å². The van der Waals surface area contributed by atoms with Crippen LogP contribution in [0.5, 0.6) is 17.2 Å². The molecular weight excluding hydrogens is 520 g/mol. The van der Waals surface area contributed by atoms with Gasteiger partial charge >= 0.3 is 0 Å². The largest absolute Gasteiger partial charge is 0.542 e. The van der Waals surface area contributed by atoms with Gasteiger partial charge in [0.2, 0.25) is 0 Å². The number of para-hydroxylation sites is 1. The second-order valence-corrected chi connectivity index (χ2v) is 17.7. The maximum atomic E-state index is 7.38. The average Bonchev–Trinajstić information content (AvgIpc) is 2.95. The molecule has 4 nitrogen and oxygen atoms in total. The van der Waals surface area contributed by atoms with Crippen molar-refractivity contribution in [3.05, 3.63) is 77.4 Å². The molecule has 0 radical (unpaired) electrons. The molecule has 0 bridgehead atoms. The van der Waals surface area contributed by atoms with E-state index in [4.69, 9.17) is 9.16 Å². The fourth-order valence-corrected chi connectivity index (χ4v) is 12.5. The zero-order valence-corrected chi connectivity index (χ0v) is 28.1. The van der Waals surface area contributed by atoms with E-state index < -0.39 is 8.32 Å². The van der Waals surface area contributed by atoms with Crippen LogP contribution in [0.15, 0.2) is 60.7 Å². The monoisotopic (exact) mass is 572 g/mol. The molecule has 0 saturated carbocycles. The van der Waals surface area contributed by atoms with Crippen molar-refractivity contribution in [3.8, 4) is 17.2 Å². The van der Waals surface area contributed by atoms with Crippen LogP contribution < -0.4 is 19.0 Å². The van der Waals surface area contributed by atoms with Crippen molar-refractivity contribution >= 4 is 19.7 Å². The molecule has 0 fully saturated rings. The van der Waals surface area contributed by atoms with E-state index in [0.29, 0.717) is 16.6 Å². The van der Waals surface area contributed by atoms with E-state index in [1.807, 2.05) is 0 Å². The Kier molecular flexibility index (Phi) is 9.79. The number of anilines is 2. The van der Waals surface area contributed by atoms with Crippen molar-refractivity contribution in [2.45, 2.75) is 91.8 Å². The topological polar surface area (TPSA) is 24.9 Å². The number of nitrogens with zero attached hydrogens (tertiary/aromatic N) is 2. The summed E-state index contributed by atoms with van der Waals surface area (Å²) in [6.07, 6.45) is 0. The first-order chi connectivity index (χ1) is 19.6. The fourth-order valence-electron chi connectivity index (χ4n) is 7.25. The summed E-state index contributed by atoms with van der Waals surface area (Å²) < 4.78 is 14.1. The second kappa shape index (κ2) is 12.9. The van der Waals surface area contributed by atoms with Crippen LogP contribution in [0.4, 0.5) is 11.4 Å². The van der Waals surface area contributed by atoms with E-state index in [1.54, 1.807) is 0 Å². The molecule has 3 aromatic rings. The third kappa shape index (κ3) is 5.75. The third-order valence-corrected chi connectivity index (χ3v) is 15.3. The summed E-state index contributed by atoms with van der Waals surface area (Å²) in [7, 11) is -2.16. The van der Waals surface area contributed by atoms with Gasteiger partial charge in [-0.05, 0) is 62.5 Å². The van der Waals surface area contributed by atoms with Gasteiger partial charge in [0.15, 0.2) is 0 Å². The molecule has 1 aliphatic rings.